The number of carboxylic acids is 1. The largest absolute Gasteiger partial charge is 0.481 e. The number of thioether (sulfide) groups is 1. The van der Waals surface area contributed by atoms with E-state index in [2.05, 4.69) is 10.1 Å². The van der Waals surface area contributed by atoms with E-state index in [1.54, 1.807) is 10.7 Å². The second-order valence-electron chi connectivity index (χ2n) is 4.37. The van der Waals surface area contributed by atoms with Crippen LogP contribution >= 0.6 is 23.4 Å². The summed E-state index contributed by atoms with van der Waals surface area (Å²) in [4.78, 5) is 15.3. The van der Waals surface area contributed by atoms with Gasteiger partial charge in [-0.1, -0.05) is 29.4 Å². The first-order chi connectivity index (χ1) is 10.1. The highest BCUT2D eigenvalue weighted by atomic mass is 35.5. The quantitative estimate of drug-likeness (QED) is 0.747. The number of rotatable bonds is 4. The minimum Gasteiger partial charge on any atom is -0.481 e. The summed E-state index contributed by atoms with van der Waals surface area (Å²) in [5, 5.41) is 14.3. The molecule has 0 amide bonds. The normalized spacial score (nSPS) is 11.1. The maximum absolute atomic E-state index is 10.8. The molecule has 6 nitrogen and oxygen atoms in total. The fourth-order valence-electron chi connectivity index (χ4n) is 2.01. The molecule has 2 heterocycles. The zero-order valence-corrected chi connectivity index (χ0v) is 12.6. The van der Waals surface area contributed by atoms with Crippen molar-refractivity contribution in [2.24, 2.45) is 7.05 Å². The number of imidazole rings is 1. The van der Waals surface area contributed by atoms with Crippen LogP contribution in [-0.2, 0) is 11.8 Å². The number of aromatic nitrogens is 4. The smallest absolute Gasteiger partial charge is 0.313 e. The number of aryl methyl sites for hydroxylation is 1. The van der Waals surface area contributed by atoms with E-state index in [0.717, 1.165) is 17.3 Å². The number of fused-ring (bicyclic) bond motifs is 1. The summed E-state index contributed by atoms with van der Waals surface area (Å²) in [7, 11) is 1.82. The molecular formula is C13H11ClN4O2S. The van der Waals surface area contributed by atoms with E-state index in [1.807, 2.05) is 36.0 Å². The van der Waals surface area contributed by atoms with Gasteiger partial charge in [0.15, 0.2) is 11.0 Å². The molecule has 0 aliphatic rings. The van der Waals surface area contributed by atoms with Crippen molar-refractivity contribution in [3.8, 4) is 5.82 Å². The molecule has 0 aliphatic carbocycles. The van der Waals surface area contributed by atoms with Gasteiger partial charge in [-0.25, -0.2) is 4.98 Å². The van der Waals surface area contributed by atoms with E-state index in [-0.39, 0.29) is 5.75 Å². The molecule has 3 rings (SSSR count). The first-order valence-electron chi connectivity index (χ1n) is 6.08. The number of aliphatic carboxylic acids is 1. The molecule has 0 spiro atoms. The van der Waals surface area contributed by atoms with Crippen LogP contribution in [0.3, 0.4) is 0 Å². The molecule has 1 N–H and O–H groups in total. The second kappa shape index (κ2) is 5.42. The van der Waals surface area contributed by atoms with Crippen molar-refractivity contribution in [2.75, 3.05) is 5.75 Å². The lowest BCUT2D eigenvalue weighted by molar-refractivity contribution is -0.133. The molecule has 2 aromatic heterocycles. The van der Waals surface area contributed by atoms with Gasteiger partial charge in [0.1, 0.15) is 5.52 Å². The molecule has 3 aromatic rings. The number of carbonyl (C=O) groups is 1. The van der Waals surface area contributed by atoms with Crippen molar-refractivity contribution < 1.29 is 9.90 Å². The van der Waals surface area contributed by atoms with Crippen LogP contribution < -0.4 is 0 Å². The fraction of sp³-hybridized carbons (Fsp3) is 0.154. The van der Waals surface area contributed by atoms with E-state index in [0.29, 0.717) is 21.5 Å². The molecule has 108 valence electrons. The molecule has 1 aromatic carbocycles. The van der Waals surface area contributed by atoms with Crippen LogP contribution in [0.2, 0.25) is 5.02 Å². The van der Waals surface area contributed by atoms with Gasteiger partial charge in [-0.2, -0.15) is 5.10 Å². The summed E-state index contributed by atoms with van der Waals surface area (Å²) >= 11 is 7.31. The summed E-state index contributed by atoms with van der Waals surface area (Å²) in [6, 6.07) is 7.31. The average Bonchev–Trinajstić information content (AvgIpc) is 3.00. The lowest BCUT2D eigenvalue weighted by Crippen LogP contribution is -2.02. The minimum atomic E-state index is -0.897. The Balaban J connectivity index is 2.20. The Morgan fingerprint density at radius 3 is 2.90 bits per heavy atom. The molecule has 21 heavy (non-hydrogen) atoms. The van der Waals surface area contributed by atoms with Gasteiger partial charge in [0, 0.05) is 19.3 Å². The zero-order chi connectivity index (χ0) is 15.0. The molecule has 0 radical (unpaired) electrons. The van der Waals surface area contributed by atoms with Gasteiger partial charge in [-0.05, 0) is 12.1 Å². The highest BCUT2D eigenvalue weighted by Crippen LogP contribution is 2.30. The topological polar surface area (TPSA) is 72.9 Å². The van der Waals surface area contributed by atoms with Gasteiger partial charge in [0.25, 0.3) is 0 Å². The first-order valence-corrected chi connectivity index (χ1v) is 7.44. The number of nitrogens with zero attached hydrogens (tertiary/aromatic N) is 4. The maximum atomic E-state index is 10.8. The van der Waals surface area contributed by atoms with E-state index in [4.69, 9.17) is 16.7 Å². The molecule has 0 saturated carbocycles. The highest BCUT2D eigenvalue weighted by molar-refractivity contribution is 7.99. The monoisotopic (exact) mass is 322 g/mol. The minimum absolute atomic E-state index is 0.0756. The predicted octanol–water partition coefficient (Wildman–Crippen LogP) is 2.59. The molecule has 0 fully saturated rings. The lowest BCUT2D eigenvalue weighted by atomic mass is 10.3. The number of hydrogen-bond donors (Lipinski definition) is 1. The Morgan fingerprint density at radius 2 is 2.24 bits per heavy atom. The standard InChI is InChI=1S/C13H11ClN4O2S/c1-17-6-5-10(16-17)18-9-4-2-3-8(14)12(9)15-13(18)21-7-11(19)20/h2-6H,7H2,1H3,(H,19,20). The van der Waals surface area contributed by atoms with Crippen molar-refractivity contribution in [3.63, 3.8) is 0 Å². The van der Waals surface area contributed by atoms with Crippen LogP contribution in [0.4, 0.5) is 0 Å². The third-order valence-electron chi connectivity index (χ3n) is 2.86. The molecule has 0 saturated heterocycles. The Labute approximate surface area is 129 Å². The van der Waals surface area contributed by atoms with Gasteiger partial charge < -0.3 is 5.11 Å². The van der Waals surface area contributed by atoms with Crippen molar-refractivity contribution in [1.29, 1.82) is 0 Å². The molecule has 0 aliphatic heterocycles. The van der Waals surface area contributed by atoms with Crippen LogP contribution in [0.1, 0.15) is 0 Å². The molecule has 0 unspecified atom stereocenters. The summed E-state index contributed by atoms with van der Waals surface area (Å²) in [5.74, 6) is -0.297. The third kappa shape index (κ3) is 2.62. The Bertz CT molecular complexity index is 827. The number of halogens is 1. The van der Waals surface area contributed by atoms with Gasteiger partial charge >= 0.3 is 5.97 Å². The van der Waals surface area contributed by atoms with Crippen LogP contribution in [0.5, 0.6) is 0 Å². The predicted molar refractivity (Wildman–Crippen MR) is 81.2 cm³/mol. The Kier molecular flexibility index (Phi) is 3.60. The SMILES string of the molecule is Cn1ccc(-n2c(SCC(=O)O)nc3c(Cl)cccc32)n1. The molecule has 0 bridgehead atoms. The number of hydrogen-bond acceptors (Lipinski definition) is 4. The van der Waals surface area contributed by atoms with Gasteiger partial charge in [-0.3, -0.25) is 14.0 Å². The Morgan fingerprint density at radius 1 is 1.43 bits per heavy atom. The zero-order valence-electron chi connectivity index (χ0n) is 11.0. The van der Waals surface area contributed by atoms with Gasteiger partial charge in [0.2, 0.25) is 0 Å². The van der Waals surface area contributed by atoms with Crippen molar-refractivity contribution in [3.05, 3.63) is 35.5 Å². The van der Waals surface area contributed by atoms with Crippen molar-refractivity contribution in [1.82, 2.24) is 19.3 Å². The third-order valence-corrected chi connectivity index (χ3v) is 4.09. The lowest BCUT2D eigenvalue weighted by Gasteiger charge is -2.04. The van der Waals surface area contributed by atoms with Crippen LogP contribution in [0, 0.1) is 0 Å². The van der Waals surface area contributed by atoms with E-state index >= 15 is 0 Å². The molecule has 0 atom stereocenters. The summed E-state index contributed by atoms with van der Waals surface area (Å²) in [5.41, 5.74) is 1.44. The summed E-state index contributed by atoms with van der Waals surface area (Å²) in [6.07, 6.45) is 1.82. The van der Waals surface area contributed by atoms with E-state index in [9.17, 15) is 4.79 Å². The fourth-order valence-corrected chi connectivity index (χ4v) is 2.95. The number of carboxylic acid groups (broad SMARTS) is 1. The van der Waals surface area contributed by atoms with Crippen LogP contribution in [-0.4, -0.2) is 36.2 Å². The molecular weight excluding hydrogens is 312 g/mol. The number of para-hydroxylation sites is 1. The maximum Gasteiger partial charge on any atom is 0.313 e. The van der Waals surface area contributed by atoms with Crippen molar-refractivity contribution >= 4 is 40.4 Å². The van der Waals surface area contributed by atoms with Gasteiger partial charge in [0.05, 0.1) is 16.3 Å². The second-order valence-corrected chi connectivity index (χ2v) is 5.72. The first kappa shape index (κ1) is 14.0. The summed E-state index contributed by atoms with van der Waals surface area (Å²) < 4.78 is 3.49. The number of benzene rings is 1. The van der Waals surface area contributed by atoms with Crippen molar-refractivity contribution in [2.45, 2.75) is 5.16 Å². The average molecular weight is 323 g/mol. The van der Waals surface area contributed by atoms with E-state index < -0.39 is 5.97 Å². The van der Waals surface area contributed by atoms with Crippen LogP contribution in [0.15, 0.2) is 35.6 Å². The molecule has 8 heteroatoms. The van der Waals surface area contributed by atoms with Crippen LogP contribution in [0.25, 0.3) is 16.9 Å². The highest BCUT2D eigenvalue weighted by Gasteiger charge is 2.17. The Hall–Kier alpha value is -1.99. The van der Waals surface area contributed by atoms with E-state index in [1.165, 1.54) is 0 Å². The van der Waals surface area contributed by atoms with Gasteiger partial charge in [-0.15, -0.1) is 0 Å². The summed E-state index contributed by atoms with van der Waals surface area (Å²) in [6.45, 7) is 0.